The standard InChI is InChI=1S/C6H14Si2/c1-7-5-6-8(2,3)4/h7H2,1-4H3. The third-order valence-electron chi connectivity index (χ3n) is 0.640. The summed E-state index contributed by atoms with van der Waals surface area (Å²) in [5.41, 5.74) is 6.56. The molecule has 0 spiro atoms. The Kier molecular flexibility index (Phi) is 3.10. The lowest BCUT2D eigenvalue weighted by Gasteiger charge is -2.02. The lowest BCUT2D eigenvalue weighted by Crippen LogP contribution is -2.16. The van der Waals surface area contributed by atoms with E-state index in [1.807, 2.05) is 0 Å². The van der Waals surface area contributed by atoms with E-state index in [1.54, 1.807) is 0 Å². The predicted octanol–water partition coefficient (Wildman–Crippen LogP) is 1.04. The Balaban J connectivity index is 3.69. The highest BCUT2D eigenvalue weighted by atomic mass is 28.3. The van der Waals surface area contributed by atoms with Crippen LogP contribution in [0.25, 0.3) is 0 Å². The van der Waals surface area contributed by atoms with Gasteiger partial charge in [0.05, 0.1) is 0 Å². The summed E-state index contributed by atoms with van der Waals surface area (Å²) in [7, 11) is -0.997. The Morgan fingerprint density at radius 1 is 1.25 bits per heavy atom. The summed E-state index contributed by atoms with van der Waals surface area (Å²) in [6.07, 6.45) is 0. The first-order valence-electron chi connectivity index (χ1n) is 3.06. The molecule has 0 bridgehead atoms. The van der Waals surface area contributed by atoms with Crippen molar-refractivity contribution in [1.29, 1.82) is 0 Å². The molecular formula is C6H14Si2. The van der Waals surface area contributed by atoms with E-state index >= 15 is 0 Å². The molecule has 0 unspecified atom stereocenters. The minimum atomic E-state index is -1.00. The largest absolute Gasteiger partial charge is 0.147 e. The summed E-state index contributed by atoms with van der Waals surface area (Å²) in [6.45, 7) is 9.07. The van der Waals surface area contributed by atoms with E-state index in [0.29, 0.717) is 0 Å². The van der Waals surface area contributed by atoms with Gasteiger partial charge in [0, 0.05) is 0 Å². The molecule has 0 aliphatic rings. The molecule has 0 nitrogen and oxygen atoms in total. The monoisotopic (exact) mass is 142 g/mol. The smallest absolute Gasteiger partial charge is 0.128 e. The lowest BCUT2D eigenvalue weighted by molar-refractivity contribution is 1.82. The highest BCUT2D eigenvalue weighted by Gasteiger charge is 2.06. The number of rotatable bonds is 0. The first kappa shape index (κ1) is 7.99. The highest BCUT2D eigenvalue weighted by molar-refractivity contribution is 6.84. The van der Waals surface area contributed by atoms with Crippen LogP contribution in [0, 0.1) is 11.1 Å². The van der Waals surface area contributed by atoms with Gasteiger partial charge in [0.2, 0.25) is 0 Å². The molecule has 0 saturated carbocycles. The summed E-state index contributed by atoms with van der Waals surface area (Å²) in [5.74, 6) is 0. The fourth-order valence-electron chi connectivity index (χ4n) is 0.354. The first-order valence-corrected chi connectivity index (χ1v) is 8.68. The third kappa shape index (κ3) is 5.99. The molecule has 0 aliphatic carbocycles. The average molecular weight is 142 g/mol. The Labute approximate surface area is 55.5 Å². The molecule has 0 saturated heterocycles. The van der Waals surface area contributed by atoms with Crippen LogP contribution in [-0.2, 0) is 0 Å². The molecule has 0 aromatic heterocycles. The van der Waals surface area contributed by atoms with Crippen LogP contribution in [0.3, 0.4) is 0 Å². The van der Waals surface area contributed by atoms with Crippen LogP contribution in [0.1, 0.15) is 0 Å². The summed E-state index contributed by atoms with van der Waals surface area (Å²) in [6, 6.07) is 0. The molecule has 0 rings (SSSR count). The van der Waals surface area contributed by atoms with Crippen LogP contribution < -0.4 is 0 Å². The van der Waals surface area contributed by atoms with E-state index in [4.69, 9.17) is 0 Å². The van der Waals surface area contributed by atoms with Gasteiger partial charge in [-0.3, -0.25) is 0 Å². The Morgan fingerprint density at radius 3 is 1.88 bits per heavy atom. The van der Waals surface area contributed by atoms with Crippen molar-refractivity contribution in [1.82, 2.24) is 0 Å². The van der Waals surface area contributed by atoms with Gasteiger partial charge in [0.25, 0.3) is 0 Å². The second-order valence-corrected chi connectivity index (χ2v) is 8.72. The third-order valence-corrected chi connectivity index (χ3v) is 2.45. The molecule has 0 aliphatic heterocycles. The van der Waals surface area contributed by atoms with Crippen molar-refractivity contribution in [2.24, 2.45) is 0 Å². The van der Waals surface area contributed by atoms with Gasteiger partial charge in [-0.2, -0.15) is 0 Å². The van der Waals surface area contributed by atoms with Gasteiger partial charge < -0.3 is 0 Å². The van der Waals surface area contributed by atoms with E-state index in [9.17, 15) is 0 Å². The zero-order chi connectivity index (χ0) is 6.62. The van der Waals surface area contributed by atoms with Crippen molar-refractivity contribution >= 4 is 17.6 Å². The van der Waals surface area contributed by atoms with Crippen molar-refractivity contribution in [3.63, 3.8) is 0 Å². The maximum absolute atomic E-state index is 3.32. The summed E-state index contributed by atoms with van der Waals surface area (Å²) in [5, 5.41) is 0. The minimum Gasteiger partial charge on any atom is -0.147 e. The molecule has 0 N–H and O–H groups in total. The van der Waals surface area contributed by atoms with Crippen LogP contribution in [0.2, 0.25) is 26.2 Å². The van der Waals surface area contributed by atoms with Gasteiger partial charge in [-0.15, -0.1) is 11.1 Å². The Bertz CT molecular complexity index is 111. The number of hydrogen-bond donors (Lipinski definition) is 0. The van der Waals surface area contributed by atoms with Crippen molar-refractivity contribution in [3.8, 4) is 11.1 Å². The van der Waals surface area contributed by atoms with Gasteiger partial charge >= 0.3 is 0 Å². The summed E-state index contributed by atoms with van der Waals surface area (Å²) < 4.78 is 0. The van der Waals surface area contributed by atoms with E-state index in [1.165, 1.54) is 0 Å². The second kappa shape index (κ2) is 3.11. The minimum absolute atomic E-state index is 0.00779. The van der Waals surface area contributed by atoms with Crippen LogP contribution in [0.4, 0.5) is 0 Å². The molecule has 0 aromatic rings. The maximum Gasteiger partial charge on any atom is 0.128 e. The first-order chi connectivity index (χ1) is 3.56. The quantitative estimate of drug-likeness (QED) is 0.350. The van der Waals surface area contributed by atoms with E-state index < -0.39 is 8.07 Å². The predicted molar refractivity (Wildman–Crippen MR) is 45.5 cm³/mol. The van der Waals surface area contributed by atoms with Crippen LogP contribution in [-0.4, -0.2) is 17.6 Å². The maximum atomic E-state index is 3.32. The van der Waals surface area contributed by atoms with Crippen molar-refractivity contribution < 1.29 is 0 Å². The lowest BCUT2D eigenvalue weighted by atomic mass is 11.4. The van der Waals surface area contributed by atoms with E-state index in [2.05, 4.69) is 37.3 Å². The molecule has 0 fully saturated rings. The van der Waals surface area contributed by atoms with E-state index in [-0.39, 0.29) is 9.52 Å². The topological polar surface area (TPSA) is 0 Å². The normalized spacial score (nSPS) is 11.5. The number of hydrogen-bond acceptors (Lipinski definition) is 0. The van der Waals surface area contributed by atoms with Crippen LogP contribution >= 0.6 is 0 Å². The van der Waals surface area contributed by atoms with Crippen molar-refractivity contribution in [2.75, 3.05) is 0 Å². The molecule has 0 radical (unpaired) electrons. The zero-order valence-electron chi connectivity index (χ0n) is 6.21. The molecule has 0 heterocycles. The van der Waals surface area contributed by atoms with Crippen molar-refractivity contribution in [2.45, 2.75) is 26.2 Å². The molecule has 2 heteroatoms. The second-order valence-electron chi connectivity index (χ2n) is 2.91. The van der Waals surface area contributed by atoms with E-state index in [0.717, 1.165) is 0 Å². The fraction of sp³-hybridized carbons (Fsp3) is 0.667. The van der Waals surface area contributed by atoms with Crippen molar-refractivity contribution in [3.05, 3.63) is 0 Å². The van der Waals surface area contributed by atoms with Crippen LogP contribution in [0.15, 0.2) is 0 Å². The average Bonchev–Trinajstić information content (AvgIpc) is 1.59. The van der Waals surface area contributed by atoms with Gasteiger partial charge in [0.1, 0.15) is 17.6 Å². The highest BCUT2D eigenvalue weighted by Crippen LogP contribution is 1.95. The Hall–Kier alpha value is -0.00623. The molecule has 0 amide bonds. The molecule has 46 valence electrons. The summed E-state index contributed by atoms with van der Waals surface area (Å²) in [4.78, 5) is 0. The van der Waals surface area contributed by atoms with Gasteiger partial charge in [0.15, 0.2) is 0 Å². The van der Waals surface area contributed by atoms with Gasteiger partial charge in [-0.1, -0.05) is 26.2 Å². The fourth-order valence-corrected chi connectivity index (χ4v) is 3.18. The molecule has 8 heavy (non-hydrogen) atoms. The SMILES string of the molecule is C[SiH2]C#C[Si](C)(C)C. The van der Waals surface area contributed by atoms with Crippen LogP contribution in [0.5, 0.6) is 0 Å². The molecular weight excluding hydrogens is 128 g/mol. The van der Waals surface area contributed by atoms with Gasteiger partial charge in [-0.05, 0) is 0 Å². The Morgan fingerprint density at radius 2 is 1.75 bits per heavy atom. The molecule has 0 atom stereocenters. The zero-order valence-corrected chi connectivity index (χ0v) is 8.62. The molecule has 0 aromatic carbocycles. The summed E-state index contributed by atoms with van der Waals surface area (Å²) >= 11 is 0. The van der Waals surface area contributed by atoms with Gasteiger partial charge in [-0.25, -0.2) is 0 Å².